The molecule has 1 aliphatic rings. The normalized spacial score (nSPS) is 18.0. The van der Waals surface area contributed by atoms with Gasteiger partial charge in [-0.15, -0.1) is 0 Å². The second kappa shape index (κ2) is 6.80. The van der Waals surface area contributed by atoms with Crippen LogP contribution in [0.5, 0.6) is 0 Å². The van der Waals surface area contributed by atoms with Crippen molar-refractivity contribution in [2.45, 2.75) is 38.5 Å². The Bertz CT molecular complexity index is 417. The van der Waals surface area contributed by atoms with E-state index in [1.807, 2.05) is 0 Å². The smallest absolute Gasteiger partial charge is 0.263 e. The number of halogens is 2. The largest absolute Gasteiger partial charge is 0.327 e. The molecule has 104 valence electrons. The van der Waals surface area contributed by atoms with E-state index in [4.69, 9.17) is 5.73 Å². The van der Waals surface area contributed by atoms with E-state index in [1.165, 1.54) is 49.8 Å². The van der Waals surface area contributed by atoms with E-state index in [0.717, 1.165) is 5.56 Å². The van der Waals surface area contributed by atoms with Gasteiger partial charge >= 0.3 is 0 Å². The molecule has 3 heteroatoms. The van der Waals surface area contributed by atoms with Crippen molar-refractivity contribution in [2.75, 3.05) is 6.54 Å². The lowest BCUT2D eigenvalue weighted by Crippen LogP contribution is -2.16. The monoisotopic (exact) mass is 265 g/mol. The van der Waals surface area contributed by atoms with Crippen LogP contribution < -0.4 is 5.73 Å². The molecule has 0 aliphatic heterocycles. The summed E-state index contributed by atoms with van der Waals surface area (Å²) in [6.07, 6.45) is 5.95. The van der Waals surface area contributed by atoms with E-state index in [-0.39, 0.29) is 5.56 Å². The standard InChI is InChI=1S/C16H21F2N/c17-16(18)14-8-6-12(7-9-14)10-15(11-19)13-4-2-1-3-5-13/h6-10,13,16H,1-5,11,19H2/b15-10-. The first kappa shape index (κ1) is 14.2. The maximum atomic E-state index is 12.5. The Labute approximate surface area is 113 Å². The maximum absolute atomic E-state index is 12.5. The zero-order valence-electron chi connectivity index (χ0n) is 11.1. The Morgan fingerprint density at radius 3 is 2.32 bits per heavy atom. The first-order valence-electron chi connectivity index (χ1n) is 6.99. The molecule has 0 radical (unpaired) electrons. The lowest BCUT2D eigenvalue weighted by Gasteiger charge is -2.24. The Morgan fingerprint density at radius 1 is 1.16 bits per heavy atom. The summed E-state index contributed by atoms with van der Waals surface area (Å²) in [7, 11) is 0. The average Bonchev–Trinajstić information content (AvgIpc) is 2.46. The molecule has 0 unspecified atom stereocenters. The van der Waals surface area contributed by atoms with Gasteiger partial charge in [0, 0.05) is 12.1 Å². The third-order valence-electron chi connectivity index (χ3n) is 3.91. The van der Waals surface area contributed by atoms with Gasteiger partial charge in [-0.3, -0.25) is 0 Å². The molecule has 1 aromatic rings. The Hall–Kier alpha value is -1.22. The molecule has 0 amide bonds. The van der Waals surface area contributed by atoms with Crippen LogP contribution in [0.15, 0.2) is 29.8 Å². The molecule has 1 nitrogen and oxygen atoms in total. The number of benzene rings is 1. The summed E-state index contributed by atoms with van der Waals surface area (Å²) in [6.45, 7) is 0.557. The Kier molecular flexibility index (Phi) is 5.08. The SMILES string of the molecule is NC/C(=C/c1ccc(C(F)F)cc1)C1CCCCC1. The summed E-state index contributed by atoms with van der Waals surface area (Å²) in [6, 6.07) is 6.48. The van der Waals surface area contributed by atoms with E-state index < -0.39 is 6.43 Å². The minimum atomic E-state index is -2.40. The van der Waals surface area contributed by atoms with Crippen LogP contribution in [0.3, 0.4) is 0 Å². The minimum absolute atomic E-state index is 0.0733. The molecule has 0 heterocycles. The van der Waals surface area contributed by atoms with Gasteiger partial charge in [0.1, 0.15) is 0 Å². The van der Waals surface area contributed by atoms with Crippen molar-refractivity contribution in [3.05, 3.63) is 41.0 Å². The molecule has 1 aromatic carbocycles. The summed E-state index contributed by atoms with van der Waals surface area (Å²) < 4.78 is 25.0. The van der Waals surface area contributed by atoms with Crippen LogP contribution in [0.2, 0.25) is 0 Å². The maximum Gasteiger partial charge on any atom is 0.263 e. The van der Waals surface area contributed by atoms with Crippen LogP contribution in [0, 0.1) is 5.92 Å². The topological polar surface area (TPSA) is 26.0 Å². The van der Waals surface area contributed by atoms with Gasteiger partial charge in [-0.1, -0.05) is 55.2 Å². The molecule has 0 spiro atoms. The summed E-state index contributed by atoms with van der Waals surface area (Å²) >= 11 is 0. The molecule has 0 bridgehead atoms. The van der Waals surface area contributed by atoms with Crippen molar-refractivity contribution in [1.82, 2.24) is 0 Å². The predicted molar refractivity (Wildman–Crippen MR) is 75.0 cm³/mol. The van der Waals surface area contributed by atoms with Crippen LogP contribution in [0.25, 0.3) is 6.08 Å². The van der Waals surface area contributed by atoms with E-state index in [1.54, 1.807) is 12.1 Å². The van der Waals surface area contributed by atoms with Crippen molar-refractivity contribution in [3.63, 3.8) is 0 Å². The van der Waals surface area contributed by atoms with E-state index >= 15 is 0 Å². The van der Waals surface area contributed by atoms with Crippen molar-refractivity contribution >= 4 is 6.08 Å². The van der Waals surface area contributed by atoms with E-state index in [9.17, 15) is 8.78 Å². The number of hydrogen-bond donors (Lipinski definition) is 1. The van der Waals surface area contributed by atoms with Gasteiger partial charge in [0.15, 0.2) is 0 Å². The molecule has 2 rings (SSSR count). The summed E-state index contributed by atoms with van der Waals surface area (Å²) in [5.41, 5.74) is 8.14. The van der Waals surface area contributed by atoms with Crippen molar-refractivity contribution < 1.29 is 8.78 Å². The molecule has 1 aliphatic carbocycles. The number of hydrogen-bond acceptors (Lipinski definition) is 1. The van der Waals surface area contributed by atoms with Gasteiger partial charge in [-0.05, 0) is 24.3 Å². The van der Waals surface area contributed by atoms with Crippen LogP contribution in [-0.4, -0.2) is 6.54 Å². The highest BCUT2D eigenvalue weighted by Crippen LogP contribution is 2.30. The molecule has 0 saturated heterocycles. The quantitative estimate of drug-likeness (QED) is 0.849. The van der Waals surface area contributed by atoms with Crippen molar-refractivity contribution in [2.24, 2.45) is 11.7 Å². The van der Waals surface area contributed by atoms with Crippen LogP contribution in [0.1, 0.15) is 49.7 Å². The third-order valence-corrected chi connectivity index (χ3v) is 3.91. The minimum Gasteiger partial charge on any atom is -0.327 e. The zero-order valence-corrected chi connectivity index (χ0v) is 11.1. The van der Waals surface area contributed by atoms with Gasteiger partial charge in [0.05, 0.1) is 0 Å². The molecule has 1 saturated carbocycles. The summed E-state index contributed by atoms with van der Waals surface area (Å²) in [5.74, 6) is 0.577. The first-order valence-corrected chi connectivity index (χ1v) is 6.99. The predicted octanol–water partition coefficient (Wildman–Crippen LogP) is 4.55. The fourth-order valence-electron chi connectivity index (χ4n) is 2.77. The van der Waals surface area contributed by atoms with Gasteiger partial charge < -0.3 is 5.73 Å². The number of alkyl halides is 2. The second-order valence-corrected chi connectivity index (χ2v) is 5.23. The van der Waals surface area contributed by atoms with Crippen molar-refractivity contribution in [1.29, 1.82) is 0 Å². The zero-order chi connectivity index (χ0) is 13.7. The highest BCUT2D eigenvalue weighted by Gasteiger charge is 2.16. The number of rotatable bonds is 4. The van der Waals surface area contributed by atoms with Gasteiger partial charge in [-0.25, -0.2) is 8.78 Å². The highest BCUT2D eigenvalue weighted by atomic mass is 19.3. The lowest BCUT2D eigenvalue weighted by atomic mass is 9.83. The van der Waals surface area contributed by atoms with E-state index in [2.05, 4.69) is 6.08 Å². The van der Waals surface area contributed by atoms with Crippen LogP contribution >= 0.6 is 0 Å². The third kappa shape index (κ3) is 3.87. The summed E-state index contributed by atoms with van der Waals surface area (Å²) in [5, 5.41) is 0. The molecule has 2 N–H and O–H groups in total. The lowest BCUT2D eigenvalue weighted by molar-refractivity contribution is 0.151. The van der Waals surface area contributed by atoms with Crippen molar-refractivity contribution in [3.8, 4) is 0 Å². The Balaban J connectivity index is 2.12. The molecule has 19 heavy (non-hydrogen) atoms. The fourth-order valence-corrected chi connectivity index (χ4v) is 2.77. The molecule has 0 atom stereocenters. The first-order chi connectivity index (χ1) is 9.20. The second-order valence-electron chi connectivity index (χ2n) is 5.23. The van der Waals surface area contributed by atoms with Gasteiger partial charge in [0.25, 0.3) is 6.43 Å². The van der Waals surface area contributed by atoms with Gasteiger partial charge in [0.2, 0.25) is 0 Å². The molecule has 1 fully saturated rings. The number of nitrogens with two attached hydrogens (primary N) is 1. The van der Waals surface area contributed by atoms with Crippen LogP contribution in [-0.2, 0) is 0 Å². The highest BCUT2D eigenvalue weighted by molar-refractivity contribution is 5.54. The average molecular weight is 265 g/mol. The Morgan fingerprint density at radius 2 is 1.79 bits per heavy atom. The molecule has 0 aromatic heterocycles. The fraction of sp³-hybridized carbons (Fsp3) is 0.500. The summed E-state index contributed by atoms with van der Waals surface area (Å²) in [4.78, 5) is 0. The molecular formula is C16H21F2N. The van der Waals surface area contributed by atoms with Gasteiger partial charge in [-0.2, -0.15) is 0 Å². The van der Waals surface area contributed by atoms with Crippen LogP contribution in [0.4, 0.5) is 8.78 Å². The molecular weight excluding hydrogens is 244 g/mol. The van der Waals surface area contributed by atoms with E-state index in [0.29, 0.717) is 12.5 Å².